The Morgan fingerprint density at radius 3 is 2.54 bits per heavy atom. The van der Waals surface area contributed by atoms with Crippen LogP contribution in [0.5, 0.6) is 0 Å². The maximum absolute atomic E-state index is 13.2. The van der Waals surface area contributed by atoms with Crippen LogP contribution in [0.25, 0.3) is 0 Å². The molecule has 1 aliphatic heterocycles. The molecule has 2 aromatic carbocycles. The summed E-state index contributed by atoms with van der Waals surface area (Å²) in [5.41, 5.74) is 3.89. The summed E-state index contributed by atoms with van der Waals surface area (Å²) >= 11 is 0. The molecule has 1 N–H and O–H groups in total. The molecule has 1 aliphatic rings. The van der Waals surface area contributed by atoms with E-state index in [1.807, 2.05) is 48.2 Å². The molecule has 5 heteroatoms. The van der Waals surface area contributed by atoms with Gasteiger partial charge in [-0.25, -0.2) is 0 Å². The van der Waals surface area contributed by atoms with Gasteiger partial charge in [0, 0.05) is 41.8 Å². The number of aryl methyl sites for hydroxylation is 1. The van der Waals surface area contributed by atoms with Crippen molar-refractivity contribution in [1.82, 2.24) is 9.47 Å². The molecule has 0 aliphatic carbocycles. The summed E-state index contributed by atoms with van der Waals surface area (Å²) in [5, 5.41) is 2.93. The number of aromatic nitrogens is 1. The van der Waals surface area contributed by atoms with E-state index in [1.165, 1.54) is 0 Å². The Labute approximate surface area is 164 Å². The zero-order chi connectivity index (χ0) is 19.7. The average Bonchev–Trinajstić information content (AvgIpc) is 3.20. The molecule has 0 saturated carbocycles. The van der Waals surface area contributed by atoms with Crippen LogP contribution in [-0.2, 0) is 6.54 Å². The van der Waals surface area contributed by atoms with Crippen LogP contribution in [-0.4, -0.2) is 27.8 Å². The minimum Gasteiger partial charge on any atom is -0.348 e. The second-order valence-electron chi connectivity index (χ2n) is 7.15. The predicted octanol–water partition coefficient (Wildman–Crippen LogP) is 4.27. The highest BCUT2D eigenvalue weighted by Crippen LogP contribution is 2.28. The van der Waals surface area contributed by atoms with Crippen molar-refractivity contribution in [3.05, 3.63) is 89.2 Å². The molecule has 4 rings (SSSR count). The fraction of sp³-hybridized carbons (Fsp3) is 0.217. The van der Waals surface area contributed by atoms with E-state index in [0.717, 1.165) is 17.8 Å². The van der Waals surface area contributed by atoms with Crippen LogP contribution in [0.1, 0.15) is 44.9 Å². The van der Waals surface area contributed by atoms with Crippen molar-refractivity contribution < 1.29 is 9.59 Å². The van der Waals surface area contributed by atoms with E-state index in [2.05, 4.69) is 29.1 Å². The molecular formula is C23H23N3O2. The van der Waals surface area contributed by atoms with Gasteiger partial charge in [-0.2, -0.15) is 0 Å². The lowest BCUT2D eigenvalue weighted by molar-refractivity contribution is 0.0644. The topological polar surface area (TPSA) is 54.3 Å². The summed E-state index contributed by atoms with van der Waals surface area (Å²) in [7, 11) is 0. The summed E-state index contributed by atoms with van der Waals surface area (Å²) in [4.78, 5) is 27.6. The number of hydrogen-bond acceptors (Lipinski definition) is 2. The fourth-order valence-corrected chi connectivity index (χ4v) is 3.70. The van der Waals surface area contributed by atoms with Gasteiger partial charge in [-0.3, -0.25) is 9.59 Å². The molecule has 1 atom stereocenters. The third kappa shape index (κ3) is 3.31. The quantitative estimate of drug-likeness (QED) is 0.746. The Morgan fingerprint density at radius 2 is 1.75 bits per heavy atom. The molecule has 2 heterocycles. The summed E-state index contributed by atoms with van der Waals surface area (Å²) in [5.74, 6) is -0.201. The van der Waals surface area contributed by atoms with Crippen LogP contribution in [0.4, 0.5) is 5.69 Å². The normalized spacial score (nSPS) is 15.8. The van der Waals surface area contributed by atoms with Gasteiger partial charge in [-0.05, 0) is 55.8 Å². The highest BCUT2D eigenvalue weighted by molar-refractivity contribution is 6.05. The first-order valence-electron chi connectivity index (χ1n) is 9.47. The van der Waals surface area contributed by atoms with Crippen LogP contribution in [0.2, 0.25) is 0 Å². The van der Waals surface area contributed by atoms with E-state index in [1.54, 1.807) is 18.2 Å². The van der Waals surface area contributed by atoms with Gasteiger partial charge in [0.25, 0.3) is 11.8 Å². The van der Waals surface area contributed by atoms with Crippen molar-refractivity contribution in [2.45, 2.75) is 26.4 Å². The molecule has 0 saturated heterocycles. The van der Waals surface area contributed by atoms with Gasteiger partial charge in [0.1, 0.15) is 0 Å². The number of amides is 2. The van der Waals surface area contributed by atoms with E-state index in [4.69, 9.17) is 0 Å². The van der Waals surface area contributed by atoms with Crippen LogP contribution in [0.15, 0.2) is 66.9 Å². The standard InChI is InChI=1S/C23H23N3O2/c1-16-10-11-19(15-20(16)24-22(27)18-7-4-3-5-8-18)23(28)26-14-13-25-12-6-9-21(25)17(26)2/h3-12,15,17H,13-14H2,1-2H3,(H,24,27)/t17-/m1/s1. The molecule has 2 amide bonds. The number of nitrogens with zero attached hydrogens (tertiary/aromatic N) is 2. The van der Waals surface area contributed by atoms with Crippen LogP contribution in [0.3, 0.4) is 0 Å². The Kier molecular flexibility index (Phi) is 4.74. The van der Waals surface area contributed by atoms with Crippen molar-refractivity contribution >= 4 is 17.5 Å². The summed E-state index contributed by atoms with van der Waals surface area (Å²) < 4.78 is 2.19. The molecule has 5 nitrogen and oxygen atoms in total. The fourth-order valence-electron chi connectivity index (χ4n) is 3.70. The van der Waals surface area contributed by atoms with E-state index in [9.17, 15) is 9.59 Å². The number of fused-ring (bicyclic) bond motifs is 1. The second-order valence-corrected chi connectivity index (χ2v) is 7.15. The monoisotopic (exact) mass is 373 g/mol. The van der Waals surface area contributed by atoms with Gasteiger partial charge < -0.3 is 14.8 Å². The number of benzene rings is 2. The lowest BCUT2D eigenvalue weighted by atomic mass is 10.1. The molecule has 28 heavy (non-hydrogen) atoms. The molecule has 0 radical (unpaired) electrons. The Bertz CT molecular complexity index is 1020. The van der Waals surface area contributed by atoms with Crippen molar-refractivity contribution in [2.75, 3.05) is 11.9 Å². The molecule has 3 aromatic rings. The minimum absolute atomic E-state index is 0.0138. The third-order valence-electron chi connectivity index (χ3n) is 5.37. The Hall–Kier alpha value is -3.34. The van der Waals surface area contributed by atoms with Crippen LogP contribution >= 0.6 is 0 Å². The summed E-state index contributed by atoms with van der Waals surface area (Å²) in [6.45, 7) is 5.43. The first-order chi connectivity index (χ1) is 13.5. The highest BCUT2D eigenvalue weighted by Gasteiger charge is 2.28. The maximum atomic E-state index is 13.2. The van der Waals surface area contributed by atoms with Gasteiger partial charge in [0.2, 0.25) is 0 Å². The number of anilines is 1. The van der Waals surface area contributed by atoms with Crippen molar-refractivity contribution in [2.24, 2.45) is 0 Å². The van der Waals surface area contributed by atoms with Crippen molar-refractivity contribution in [1.29, 1.82) is 0 Å². The molecule has 0 unspecified atom stereocenters. The number of nitrogens with one attached hydrogen (secondary N) is 1. The zero-order valence-corrected chi connectivity index (χ0v) is 16.1. The molecule has 1 aromatic heterocycles. The number of hydrogen-bond donors (Lipinski definition) is 1. The van der Waals surface area contributed by atoms with E-state index in [0.29, 0.717) is 23.4 Å². The van der Waals surface area contributed by atoms with Gasteiger partial charge >= 0.3 is 0 Å². The third-order valence-corrected chi connectivity index (χ3v) is 5.37. The number of carbonyl (C=O) groups excluding carboxylic acids is 2. The predicted molar refractivity (Wildman–Crippen MR) is 109 cm³/mol. The van der Waals surface area contributed by atoms with E-state index >= 15 is 0 Å². The largest absolute Gasteiger partial charge is 0.348 e. The Morgan fingerprint density at radius 1 is 0.964 bits per heavy atom. The number of rotatable bonds is 3. The minimum atomic E-state index is -0.183. The lowest BCUT2D eigenvalue weighted by Crippen LogP contribution is -2.40. The first kappa shape index (κ1) is 18.0. The van der Waals surface area contributed by atoms with Crippen LogP contribution in [0, 0.1) is 6.92 Å². The molecular weight excluding hydrogens is 350 g/mol. The summed E-state index contributed by atoms with van der Waals surface area (Å²) in [6.07, 6.45) is 2.05. The molecule has 0 spiro atoms. The summed E-state index contributed by atoms with van der Waals surface area (Å²) in [6, 6.07) is 18.6. The zero-order valence-electron chi connectivity index (χ0n) is 16.1. The van der Waals surface area contributed by atoms with Gasteiger partial charge in [-0.1, -0.05) is 24.3 Å². The number of carbonyl (C=O) groups is 2. The lowest BCUT2D eigenvalue weighted by Gasteiger charge is -2.35. The van der Waals surface area contributed by atoms with Crippen molar-refractivity contribution in [3.63, 3.8) is 0 Å². The highest BCUT2D eigenvalue weighted by atomic mass is 16.2. The Balaban J connectivity index is 1.57. The van der Waals surface area contributed by atoms with Gasteiger partial charge in [0.05, 0.1) is 6.04 Å². The van der Waals surface area contributed by atoms with Crippen LogP contribution < -0.4 is 5.32 Å². The van der Waals surface area contributed by atoms with Gasteiger partial charge in [-0.15, -0.1) is 0 Å². The average molecular weight is 373 g/mol. The van der Waals surface area contributed by atoms with E-state index < -0.39 is 0 Å². The SMILES string of the molecule is Cc1ccc(C(=O)N2CCn3cccc3[C@H]2C)cc1NC(=O)c1ccccc1. The maximum Gasteiger partial charge on any atom is 0.255 e. The van der Waals surface area contributed by atoms with E-state index in [-0.39, 0.29) is 17.9 Å². The molecule has 0 bridgehead atoms. The second kappa shape index (κ2) is 7.35. The first-order valence-corrected chi connectivity index (χ1v) is 9.47. The molecule has 0 fully saturated rings. The van der Waals surface area contributed by atoms with Gasteiger partial charge in [0.15, 0.2) is 0 Å². The van der Waals surface area contributed by atoms with Crippen molar-refractivity contribution in [3.8, 4) is 0 Å². The molecule has 142 valence electrons. The smallest absolute Gasteiger partial charge is 0.255 e.